The maximum atomic E-state index is 12.8. The smallest absolute Gasteiger partial charge is 0.163 e. The predicted molar refractivity (Wildman–Crippen MR) is 147 cm³/mol. The zero-order chi connectivity index (χ0) is 25.7. The van der Waals surface area contributed by atoms with E-state index in [0.717, 1.165) is 73.8 Å². The highest BCUT2D eigenvalue weighted by atomic mass is 16.5. The van der Waals surface area contributed by atoms with Crippen LogP contribution in [0.2, 0.25) is 0 Å². The molecule has 0 saturated carbocycles. The molecule has 0 spiro atoms. The van der Waals surface area contributed by atoms with Crippen LogP contribution < -0.4 is 9.64 Å². The summed E-state index contributed by atoms with van der Waals surface area (Å²) in [5.41, 5.74) is 4.32. The molecule has 1 fully saturated rings. The molecule has 6 rings (SSSR count). The normalized spacial score (nSPS) is 16.7. The quantitative estimate of drug-likeness (QED) is 0.337. The predicted octanol–water partition coefficient (Wildman–Crippen LogP) is 4.94. The van der Waals surface area contributed by atoms with Gasteiger partial charge >= 0.3 is 0 Å². The molecule has 38 heavy (non-hydrogen) atoms. The fraction of sp³-hybridized carbons (Fsp3) is 0.323. The lowest BCUT2D eigenvalue weighted by Crippen LogP contribution is -2.46. The van der Waals surface area contributed by atoms with E-state index in [9.17, 15) is 4.79 Å². The SMILES string of the molecule is O=C1CCCc2c1ccc(O[C@H](Cn1ccnc1)c1ccccc1)c2CN1CCN(c2ccccn2)CC1. The summed E-state index contributed by atoms with van der Waals surface area (Å²) < 4.78 is 8.88. The van der Waals surface area contributed by atoms with Crippen LogP contribution in [-0.4, -0.2) is 51.4 Å². The van der Waals surface area contributed by atoms with Crippen LogP contribution in [-0.2, 0) is 19.5 Å². The number of Topliss-reactive ketones (excluding diaryl/α,β-unsaturated/α-hetero) is 1. The van der Waals surface area contributed by atoms with Gasteiger partial charge in [-0.3, -0.25) is 9.69 Å². The van der Waals surface area contributed by atoms with Gasteiger partial charge in [0.1, 0.15) is 17.7 Å². The first kappa shape index (κ1) is 24.4. The molecular weight excluding hydrogens is 474 g/mol. The fourth-order valence-electron chi connectivity index (χ4n) is 5.58. The number of carbonyl (C=O) groups is 1. The first-order valence-corrected chi connectivity index (χ1v) is 13.5. The summed E-state index contributed by atoms with van der Waals surface area (Å²) in [6, 6.07) is 20.4. The molecular formula is C31H33N5O2. The number of ether oxygens (including phenoxy) is 1. The summed E-state index contributed by atoms with van der Waals surface area (Å²) in [5.74, 6) is 2.15. The molecule has 194 valence electrons. The fourth-order valence-corrected chi connectivity index (χ4v) is 5.58. The van der Waals surface area contributed by atoms with E-state index in [1.807, 2.05) is 61.2 Å². The maximum Gasteiger partial charge on any atom is 0.163 e. The summed E-state index contributed by atoms with van der Waals surface area (Å²) in [4.78, 5) is 26.4. The van der Waals surface area contributed by atoms with Crippen LogP contribution in [0, 0.1) is 0 Å². The second-order valence-electron chi connectivity index (χ2n) is 10.1. The molecule has 1 saturated heterocycles. The number of hydrogen-bond acceptors (Lipinski definition) is 6. The number of rotatable bonds is 8. The van der Waals surface area contributed by atoms with Gasteiger partial charge in [0.15, 0.2) is 5.78 Å². The van der Waals surface area contributed by atoms with Crippen LogP contribution in [0.1, 0.15) is 46.0 Å². The van der Waals surface area contributed by atoms with Gasteiger partial charge in [0.25, 0.3) is 0 Å². The van der Waals surface area contributed by atoms with Crippen LogP contribution in [0.3, 0.4) is 0 Å². The van der Waals surface area contributed by atoms with Crippen LogP contribution in [0.5, 0.6) is 5.75 Å². The Kier molecular flexibility index (Phi) is 7.18. The number of hydrogen-bond donors (Lipinski definition) is 0. The van der Waals surface area contributed by atoms with Gasteiger partial charge in [-0.25, -0.2) is 9.97 Å². The highest BCUT2D eigenvalue weighted by Gasteiger charge is 2.27. The van der Waals surface area contributed by atoms with Crippen molar-refractivity contribution in [2.75, 3.05) is 31.1 Å². The third-order valence-corrected chi connectivity index (χ3v) is 7.62. The van der Waals surface area contributed by atoms with E-state index in [-0.39, 0.29) is 11.9 Å². The van der Waals surface area contributed by atoms with Crippen LogP contribution in [0.15, 0.2) is 85.6 Å². The first-order valence-electron chi connectivity index (χ1n) is 13.5. The van der Waals surface area contributed by atoms with Crippen LogP contribution in [0.4, 0.5) is 5.82 Å². The Bertz CT molecular complexity index is 1350. The molecule has 0 radical (unpaired) electrons. The van der Waals surface area contributed by atoms with Crippen molar-refractivity contribution in [1.29, 1.82) is 0 Å². The standard InChI is InChI=1S/C31H33N5O2/c37-28-10-6-9-25-26(28)12-13-29(38-30(22-35-16-15-32-23-35)24-7-2-1-3-8-24)27(25)21-34-17-19-36(20-18-34)31-11-4-5-14-33-31/h1-5,7-8,11-16,23,30H,6,9-10,17-22H2/t30-/m1/s1. The van der Waals surface area contributed by atoms with E-state index in [4.69, 9.17) is 4.74 Å². The van der Waals surface area contributed by atoms with E-state index >= 15 is 0 Å². The highest BCUT2D eigenvalue weighted by molar-refractivity contribution is 5.99. The average molecular weight is 508 g/mol. The molecule has 7 heteroatoms. The third-order valence-electron chi connectivity index (χ3n) is 7.62. The van der Waals surface area contributed by atoms with Crippen molar-refractivity contribution < 1.29 is 9.53 Å². The minimum atomic E-state index is -0.178. The van der Waals surface area contributed by atoms with Gasteiger partial charge in [-0.2, -0.15) is 0 Å². The Morgan fingerprint density at radius 2 is 1.74 bits per heavy atom. The van der Waals surface area contributed by atoms with E-state index < -0.39 is 0 Å². The van der Waals surface area contributed by atoms with Crippen molar-refractivity contribution in [2.45, 2.75) is 38.5 Å². The van der Waals surface area contributed by atoms with Gasteiger partial charge in [-0.15, -0.1) is 0 Å². The second kappa shape index (κ2) is 11.2. The average Bonchev–Trinajstić information content (AvgIpc) is 3.49. The lowest BCUT2D eigenvalue weighted by Gasteiger charge is -2.36. The van der Waals surface area contributed by atoms with Gasteiger partial charge in [-0.1, -0.05) is 36.4 Å². The Morgan fingerprint density at radius 1 is 0.895 bits per heavy atom. The number of nitrogens with zero attached hydrogens (tertiary/aromatic N) is 5. The number of aromatic nitrogens is 3. The summed E-state index contributed by atoms with van der Waals surface area (Å²) >= 11 is 0. The molecule has 4 aromatic rings. The zero-order valence-electron chi connectivity index (χ0n) is 21.6. The topological polar surface area (TPSA) is 63.5 Å². The van der Waals surface area contributed by atoms with Crippen molar-refractivity contribution >= 4 is 11.6 Å². The van der Waals surface area contributed by atoms with Gasteiger partial charge in [0.05, 0.1) is 12.9 Å². The molecule has 2 aliphatic rings. The van der Waals surface area contributed by atoms with Crippen molar-refractivity contribution in [3.05, 3.63) is 108 Å². The number of pyridine rings is 1. The minimum absolute atomic E-state index is 0.178. The highest BCUT2D eigenvalue weighted by Crippen LogP contribution is 2.35. The molecule has 0 amide bonds. The van der Waals surface area contributed by atoms with E-state index in [2.05, 4.69) is 42.5 Å². The van der Waals surface area contributed by atoms with Crippen molar-refractivity contribution in [1.82, 2.24) is 19.4 Å². The Morgan fingerprint density at radius 3 is 2.50 bits per heavy atom. The Labute approximate surface area is 223 Å². The Balaban J connectivity index is 1.28. The van der Waals surface area contributed by atoms with Crippen molar-refractivity contribution in [2.24, 2.45) is 0 Å². The van der Waals surface area contributed by atoms with Gasteiger partial charge in [-0.05, 0) is 48.2 Å². The number of piperazine rings is 1. The third kappa shape index (κ3) is 5.34. The summed E-state index contributed by atoms with van der Waals surface area (Å²) in [6.07, 6.45) is 9.70. The number of benzene rings is 2. The number of ketones is 1. The molecule has 2 aromatic carbocycles. The van der Waals surface area contributed by atoms with Gasteiger partial charge in [0.2, 0.25) is 0 Å². The largest absolute Gasteiger partial charge is 0.484 e. The number of anilines is 1. The lowest BCUT2D eigenvalue weighted by atomic mass is 9.86. The number of fused-ring (bicyclic) bond motifs is 1. The van der Waals surface area contributed by atoms with Gasteiger partial charge < -0.3 is 14.2 Å². The van der Waals surface area contributed by atoms with E-state index in [1.54, 1.807) is 6.20 Å². The molecule has 7 nitrogen and oxygen atoms in total. The monoisotopic (exact) mass is 507 g/mol. The molecule has 0 N–H and O–H groups in total. The number of carbonyl (C=O) groups excluding carboxylic acids is 1. The summed E-state index contributed by atoms with van der Waals surface area (Å²) in [5, 5.41) is 0. The second-order valence-corrected chi connectivity index (χ2v) is 10.1. The zero-order valence-corrected chi connectivity index (χ0v) is 21.6. The lowest BCUT2D eigenvalue weighted by molar-refractivity contribution is 0.0971. The van der Waals surface area contributed by atoms with Crippen molar-refractivity contribution in [3.63, 3.8) is 0 Å². The summed E-state index contributed by atoms with van der Waals surface area (Å²) in [6.45, 7) is 5.15. The first-order chi connectivity index (χ1) is 18.7. The minimum Gasteiger partial charge on any atom is -0.484 e. The molecule has 0 unspecified atom stereocenters. The molecule has 1 aliphatic heterocycles. The summed E-state index contributed by atoms with van der Waals surface area (Å²) in [7, 11) is 0. The molecule has 3 heterocycles. The molecule has 1 aliphatic carbocycles. The van der Waals surface area contributed by atoms with Crippen LogP contribution in [0.25, 0.3) is 0 Å². The Hall–Kier alpha value is -3.97. The maximum absolute atomic E-state index is 12.8. The molecule has 1 atom stereocenters. The van der Waals surface area contributed by atoms with Crippen LogP contribution >= 0.6 is 0 Å². The molecule has 2 aromatic heterocycles. The number of imidazole rings is 1. The molecule has 0 bridgehead atoms. The van der Waals surface area contributed by atoms with Gasteiger partial charge in [0, 0.05) is 68.9 Å². The van der Waals surface area contributed by atoms with E-state index in [0.29, 0.717) is 13.0 Å². The van der Waals surface area contributed by atoms with E-state index in [1.165, 1.54) is 5.56 Å². The van der Waals surface area contributed by atoms with Crippen molar-refractivity contribution in [3.8, 4) is 5.75 Å².